The van der Waals surface area contributed by atoms with E-state index in [4.69, 9.17) is 5.11 Å². The number of likely N-dealkylation sites (tertiary alicyclic amines) is 1. The molecule has 0 aromatic carbocycles. The van der Waals surface area contributed by atoms with Gasteiger partial charge in [-0.1, -0.05) is 6.08 Å². The number of carboxylic acids is 1. The predicted molar refractivity (Wildman–Crippen MR) is 60.0 cm³/mol. The van der Waals surface area contributed by atoms with Gasteiger partial charge in [-0.05, 0) is 19.9 Å². The second kappa shape index (κ2) is 5.65. The SMILES string of the molecule is C=CCNC(=O)CN1CCC(C(=O)O)C1C. The Morgan fingerprint density at radius 2 is 2.31 bits per heavy atom. The number of nitrogens with one attached hydrogen (secondary N) is 1. The van der Waals surface area contributed by atoms with Crippen LogP contribution >= 0.6 is 0 Å². The highest BCUT2D eigenvalue weighted by Gasteiger charge is 2.36. The third kappa shape index (κ3) is 3.06. The zero-order chi connectivity index (χ0) is 12.1. The molecule has 1 heterocycles. The Morgan fingerprint density at radius 1 is 1.62 bits per heavy atom. The van der Waals surface area contributed by atoms with Crippen LogP contribution in [-0.2, 0) is 9.59 Å². The van der Waals surface area contributed by atoms with Gasteiger partial charge in [0.1, 0.15) is 0 Å². The van der Waals surface area contributed by atoms with Gasteiger partial charge in [0.2, 0.25) is 5.91 Å². The normalized spacial score (nSPS) is 25.3. The monoisotopic (exact) mass is 226 g/mol. The van der Waals surface area contributed by atoms with Crippen molar-refractivity contribution in [2.24, 2.45) is 5.92 Å². The first-order valence-electron chi connectivity index (χ1n) is 5.40. The quantitative estimate of drug-likeness (QED) is 0.652. The number of hydrogen-bond acceptors (Lipinski definition) is 3. The third-order valence-electron chi connectivity index (χ3n) is 2.99. The Morgan fingerprint density at radius 3 is 2.81 bits per heavy atom. The van der Waals surface area contributed by atoms with Crippen molar-refractivity contribution in [2.75, 3.05) is 19.6 Å². The molecule has 0 bridgehead atoms. The summed E-state index contributed by atoms with van der Waals surface area (Å²) in [5, 5.41) is 11.6. The molecule has 0 aromatic heterocycles. The number of carboxylic acid groups (broad SMARTS) is 1. The van der Waals surface area contributed by atoms with E-state index in [1.807, 2.05) is 11.8 Å². The number of carbonyl (C=O) groups excluding carboxylic acids is 1. The van der Waals surface area contributed by atoms with Crippen molar-refractivity contribution >= 4 is 11.9 Å². The maximum absolute atomic E-state index is 11.4. The van der Waals surface area contributed by atoms with Crippen LogP contribution in [0.5, 0.6) is 0 Å². The fraction of sp³-hybridized carbons (Fsp3) is 0.636. The van der Waals surface area contributed by atoms with Gasteiger partial charge in [-0.3, -0.25) is 14.5 Å². The number of rotatable bonds is 5. The van der Waals surface area contributed by atoms with E-state index in [0.29, 0.717) is 19.5 Å². The first-order valence-corrected chi connectivity index (χ1v) is 5.40. The molecule has 1 fully saturated rings. The highest BCUT2D eigenvalue weighted by atomic mass is 16.4. The van der Waals surface area contributed by atoms with E-state index < -0.39 is 5.97 Å². The highest BCUT2D eigenvalue weighted by molar-refractivity contribution is 5.78. The van der Waals surface area contributed by atoms with Crippen LogP contribution in [0.1, 0.15) is 13.3 Å². The van der Waals surface area contributed by atoms with Crippen molar-refractivity contribution in [3.8, 4) is 0 Å². The Bertz CT molecular complexity index is 291. The average Bonchev–Trinajstić information content (AvgIpc) is 2.57. The summed E-state index contributed by atoms with van der Waals surface area (Å²) in [6, 6.07) is -0.0769. The van der Waals surface area contributed by atoms with Gasteiger partial charge in [-0.15, -0.1) is 6.58 Å². The highest BCUT2D eigenvalue weighted by Crippen LogP contribution is 2.23. The van der Waals surface area contributed by atoms with E-state index >= 15 is 0 Å². The van der Waals surface area contributed by atoms with Gasteiger partial charge in [0.25, 0.3) is 0 Å². The smallest absolute Gasteiger partial charge is 0.308 e. The number of hydrogen-bond donors (Lipinski definition) is 2. The molecule has 2 N–H and O–H groups in total. The third-order valence-corrected chi connectivity index (χ3v) is 2.99. The van der Waals surface area contributed by atoms with Gasteiger partial charge >= 0.3 is 5.97 Å². The molecule has 5 heteroatoms. The standard InChI is InChI=1S/C11H18N2O3/c1-3-5-12-10(14)7-13-6-4-9(8(13)2)11(15)16/h3,8-9H,1,4-7H2,2H3,(H,12,14)(H,15,16). The van der Waals surface area contributed by atoms with E-state index in [9.17, 15) is 9.59 Å². The van der Waals surface area contributed by atoms with E-state index in [0.717, 1.165) is 0 Å². The van der Waals surface area contributed by atoms with E-state index in [1.165, 1.54) is 0 Å². The van der Waals surface area contributed by atoms with Gasteiger partial charge in [0.05, 0.1) is 12.5 Å². The van der Waals surface area contributed by atoms with Crippen molar-refractivity contribution in [3.05, 3.63) is 12.7 Å². The van der Waals surface area contributed by atoms with Crippen molar-refractivity contribution in [3.63, 3.8) is 0 Å². The fourth-order valence-corrected chi connectivity index (χ4v) is 1.98. The van der Waals surface area contributed by atoms with Crippen LogP contribution in [0.15, 0.2) is 12.7 Å². The number of nitrogens with zero attached hydrogens (tertiary/aromatic N) is 1. The summed E-state index contributed by atoms with van der Waals surface area (Å²) in [5.74, 6) is -1.22. The van der Waals surface area contributed by atoms with Crippen LogP contribution in [0.3, 0.4) is 0 Å². The Hall–Kier alpha value is -1.36. The summed E-state index contributed by atoms with van der Waals surface area (Å²) in [5.41, 5.74) is 0. The van der Waals surface area contributed by atoms with Gasteiger partial charge in [-0.25, -0.2) is 0 Å². The van der Waals surface area contributed by atoms with Crippen LogP contribution in [0, 0.1) is 5.92 Å². The maximum atomic E-state index is 11.4. The molecule has 2 unspecified atom stereocenters. The minimum absolute atomic E-state index is 0.0769. The molecule has 1 saturated heterocycles. The van der Waals surface area contributed by atoms with Gasteiger partial charge in [0.15, 0.2) is 0 Å². The molecule has 16 heavy (non-hydrogen) atoms. The lowest BCUT2D eigenvalue weighted by Crippen LogP contribution is -2.40. The summed E-state index contributed by atoms with van der Waals surface area (Å²) in [6.45, 7) is 6.74. The van der Waals surface area contributed by atoms with Gasteiger partial charge < -0.3 is 10.4 Å². The topological polar surface area (TPSA) is 69.6 Å². The van der Waals surface area contributed by atoms with Crippen LogP contribution in [-0.4, -0.2) is 47.6 Å². The lowest BCUT2D eigenvalue weighted by atomic mass is 10.0. The van der Waals surface area contributed by atoms with Gasteiger partial charge in [-0.2, -0.15) is 0 Å². The number of carbonyl (C=O) groups is 2. The van der Waals surface area contributed by atoms with Crippen molar-refractivity contribution in [2.45, 2.75) is 19.4 Å². The largest absolute Gasteiger partial charge is 0.481 e. The molecular weight excluding hydrogens is 208 g/mol. The molecule has 0 spiro atoms. The molecule has 0 aromatic rings. The van der Waals surface area contributed by atoms with Crippen molar-refractivity contribution in [1.29, 1.82) is 0 Å². The molecule has 2 atom stereocenters. The first-order chi connectivity index (χ1) is 7.56. The van der Waals surface area contributed by atoms with Crippen LogP contribution in [0.25, 0.3) is 0 Å². The molecule has 1 amide bonds. The zero-order valence-electron chi connectivity index (χ0n) is 9.48. The summed E-state index contributed by atoms with van der Waals surface area (Å²) in [4.78, 5) is 24.2. The molecule has 90 valence electrons. The molecule has 1 aliphatic rings. The zero-order valence-corrected chi connectivity index (χ0v) is 9.48. The summed E-state index contributed by atoms with van der Waals surface area (Å²) >= 11 is 0. The second-order valence-corrected chi connectivity index (χ2v) is 4.04. The molecule has 0 saturated carbocycles. The summed E-state index contributed by atoms with van der Waals surface area (Å²) in [6.07, 6.45) is 2.23. The minimum atomic E-state index is -0.776. The van der Waals surface area contributed by atoms with Crippen LogP contribution in [0.2, 0.25) is 0 Å². The second-order valence-electron chi connectivity index (χ2n) is 4.04. The first kappa shape index (κ1) is 12.7. The minimum Gasteiger partial charge on any atom is -0.481 e. The Labute approximate surface area is 95.1 Å². The number of amides is 1. The fourth-order valence-electron chi connectivity index (χ4n) is 1.98. The average molecular weight is 226 g/mol. The van der Waals surface area contributed by atoms with Crippen molar-refractivity contribution < 1.29 is 14.7 Å². The predicted octanol–water partition coefficient (Wildman–Crippen LogP) is 0.0836. The maximum Gasteiger partial charge on any atom is 0.308 e. The van der Waals surface area contributed by atoms with E-state index in [2.05, 4.69) is 11.9 Å². The Balaban J connectivity index is 2.42. The Kier molecular flexibility index (Phi) is 4.49. The summed E-state index contributed by atoms with van der Waals surface area (Å²) in [7, 11) is 0. The molecule has 1 rings (SSSR count). The van der Waals surface area contributed by atoms with Crippen LogP contribution in [0.4, 0.5) is 0 Å². The number of aliphatic carboxylic acids is 1. The van der Waals surface area contributed by atoms with Gasteiger partial charge in [0, 0.05) is 12.6 Å². The lowest BCUT2D eigenvalue weighted by Gasteiger charge is -2.22. The van der Waals surface area contributed by atoms with Crippen LogP contribution < -0.4 is 5.32 Å². The van der Waals surface area contributed by atoms with Crippen molar-refractivity contribution in [1.82, 2.24) is 10.2 Å². The van der Waals surface area contributed by atoms with E-state index in [1.54, 1.807) is 6.08 Å². The van der Waals surface area contributed by atoms with E-state index in [-0.39, 0.29) is 24.4 Å². The molecule has 5 nitrogen and oxygen atoms in total. The molecule has 0 aliphatic carbocycles. The molecule has 1 aliphatic heterocycles. The summed E-state index contributed by atoms with van der Waals surface area (Å²) < 4.78 is 0. The lowest BCUT2D eigenvalue weighted by molar-refractivity contribution is -0.142. The molecular formula is C11H18N2O3. The molecule has 0 radical (unpaired) electrons.